The maximum absolute atomic E-state index is 13.7. The first-order valence-electron chi connectivity index (χ1n) is 5.02. The van der Waals surface area contributed by atoms with E-state index in [2.05, 4.69) is 43.2 Å². The average molecular weight is 370 g/mol. The Bertz CT molecular complexity index is 615. The molecule has 5 heteroatoms. The van der Waals surface area contributed by atoms with Gasteiger partial charge < -0.3 is 5.32 Å². The lowest BCUT2D eigenvalue weighted by molar-refractivity contribution is 0.631. The maximum Gasteiger partial charge on any atom is 0.147 e. The van der Waals surface area contributed by atoms with Crippen molar-refractivity contribution in [1.29, 1.82) is 5.26 Å². The topological polar surface area (TPSA) is 35.8 Å². The van der Waals surface area contributed by atoms with E-state index in [1.54, 1.807) is 30.3 Å². The van der Waals surface area contributed by atoms with Crippen LogP contribution in [0.3, 0.4) is 0 Å². The molecule has 0 heterocycles. The Kier molecular flexibility index (Phi) is 4.00. The number of para-hydroxylation sites is 1. The highest BCUT2D eigenvalue weighted by atomic mass is 79.9. The lowest BCUT2D eigenvalue weighted by Crippen LogP contribution is -1.97. The molecule has 2 aromatic rings. The normalized spacial score (nSPS) is 9.89. The second kappa shape index (κ2) is 5.51. The van der Waals surface area contributed by atoms with Gasteiger partial charge in [0.1, 0.15) is 11.9 Å². The second-order valence-corrected chi connectivity index (χ2v) is 5.29. The third-order valence-electron chi connectivity index (χ3n) is 2.32. The van der Waals surface area contributed by atoms with Gasteiger partial charge in [0.25, 0.3) is 0 Å². The van der Waals surface area contributed by atoms with Crippen molar-refractivity contribution in [2.24, 2.45) is 0 Å². The Hall–Kier alpha value is -1.38. The zero-order valence-corrected chi connectivity index (χ0v) is 12.2. The molecular formula is C13H7Br2FN2. The molecule has 0 aliphatic rings. The molecule has 2 nitrogen and oxygen atoms in total. The van der Waals surface area contributed by atoms with Crippen LogP contribution in [0.4, 0.5) is 15.8 Å². The van der Waals surface area contributed by atoms with Gasteiger partial charge in [-0.25, -0.2) is 4.39 Å². The number of nitrogens with zero attached hydrogens (tertiary/aromatic N) is 1. The van der Waals surface area contributed by atoms with Crippen LogP contribution in [0.2, 0.25) is 0 Å². The zero-order chi connectivity index (χ0) is 13.1. The number of rotatable bonds is 2. The summed E-state index contributed by atoms with van der Waals surface area (Å²) in [5, 5.41) is 11.9. The van der Waals surface area contributed by atoms with Gasteiger partial charge in [-0.1, -0.05) is 22.0 Å². The summed E-state index contributed by atoms with van der Waals surface area (Å²) in [6.07, 6.45) is 0. The molecule has 0 saturated heterocycles. The molecule has 0 radical (unpaired) electrons. The van der Waals surface area contributed by atoms with Crippen LogP contribution >= 0.6 is 31.9 Å². The molecule has 0 aliphatic carbocycles. The lowest BCUT2D eigenvalue weighted by atomic mass is 10.2. The van der Waals surface area contributed by atoms with Crippen molar-refractivity contribution in [3.63, 3.8) is 0 Å². The van der Waals surface area contributed by atoms with E-state index in [4.69, 9.17) is 5.26 Å². The second-order valence-electron chi connectivity index (χ2n) is 3.52. The smallest absolute Gasteiger partial charge is 0.147 e. The zero-order valence-electron chi connectivity index (χ0n) is 9.05. The van der Waals surface area contributed by atoms with Crippen molar-refractivity contribution in [2.45, 2.75) is 0 Å². The number of benzene rings is 2. The number of nitriles is 1. The fraction of sp³-hybridized carbons (Fsp3) is 0. The molecule has 0 unspecified atom stereocenters. The Morgan fingerprint density at radius 3 is 2.61 bits per heavy atom. The molecule has 0 bridgehead atoms. The fourth-order valence-electron chi connectivity index (χ4n) is 1.47. The summed E-state index contributed by atoms with van der Waals surface area (Å²) < 4.78 is 15.1. The van der Waals surface area contributed by atoms with Gasteiger partial charge in [0.2, 0.25) is 0 Å². The monoisotopic (exact) mass is 368 g/mol. The highest BCUT2D eigenvalue weighted by molar-refractivity contribution is 9.10. The molecule has 2 aromatic carbocycles. The predicted octanol–water partition coefficient (Wildman–Crippen LogP) is 4.97. The third-order valence-corrected chi connectivity index (χ3v) is 3.48. The van der Waals surface area contributed by atoms with E-state index >= 15 is 0 Å². The SMILES string of the molecule is N#Cc1ccc(Br)cc1Nc1c(F)cccc1Br. The van der Waals surface area contributed by atoms with Crippen molar-refractivity contribution in [3.05, 3.63) is 56.7 Å². The summed E-state index contributed by atoms with van der Waals surface area (Å²) in [4.78, 5) is 0. The van der Waals surface area contributed by atoms with Crippen molar-refractivity contribution in [2.75, 3.05) is 5.32 Å². The minimum absolute atomic E-state index is 0.312. The fourth-order valence-corrected chi connectivity index (χ4v) is 2.27. The van der Waals surface area contributed by atoms with Crippen molar-refractivity contribution < 1.29 is 4.39 Å². The average Bonchev–Trinajstić information content (AvgIpc) is 2.34. The van der Waals surface area contributed by atoms with Gasteiger partial charge in [-0.2, -0.15) is 5.26 Å². The number of halogens is 3. The van der Waals surface area contributed by atoms with Crippen molar-refractivity contribution in [3.8, 4) is 6.07 Å². The number of nitrogens with one attached hydrogen (secondary N) is 1. The quantitative estimate of drug-likeness (QED) is 0.811. The summed E-state index contributed by atoms with van der Waals surface area (Å²) in [7, 11) is 0. The van der Waals surface area contributed by atoms with E-state index in [1.165, 1.54) is 6.07 Å². The van der Waals surface area contributed by atoms with Crippen LogP contribution in [0, 0.1) is 17.1 Å². The molecule has 18 heavy (non-hydrogen) atoms. The number of hydrogen-bond donors (Lipinski definition) is 1. The van der Waals surface area contributed by atoms with Crippen molar-refractivity contribution in [1.82, 2.24) is 0 Å². The van der Waals surface area contributed by atoms with Gasteiger partial charge in [0, 0.05) is 8.95 Å². The van der Waals surface area contributed by atoms with Crippen LogP contribution in [-0.2, 0) is 0 Å². The minimum atomic E-state index is -0.381. The standard InChI is InChI=1S/C13H7Br2FN2/c14-9-5-4-8(7-17)12(6-9)18-13-10(15)2-1-3-11(13)16/h1-6,18H. The third kappa shape index (κ3) is 2.71. The van der Waals surface area contributed by atoms with E-state index in [0.29, 0.717) is 21.4 Å². The molecule has 0 spiro atoms. The maximum atomic E-state index is 13.7. The summed E-state index contributed by atoms with van der Waals surface area (Å²) in [5.74, 6) is -0.381. The summed E-state index contributed by atoms with van der Waals surface area (Å²) in [6.45, 7) is 0. The molecule has 0 amide bonds. The van der Waals surface area contributed by atoms with E-state index in [-0.39, 0.29) is 5.82 Å². The highest BCUT2D eigenvalue weighted by Gasteiger charge is 2.09. The molecule has 2 rings (SSSR count). The Morgan fingerprint density at radius 1 is 1.17 bits per heavy atom. The lowest BCUT2D eigenvalue weighted by Gasteiger charge is -2.11. The number of anilines is 2. The van der Waals surface area contributed by atoms with Crippen molar-refractivity contribution >= 4 is 43.2 Å². The largest absolute Gasteiger partial charge is 0.351 e. The Morgan fingerprint density at radius 2 is 1.94 bits per heavy atom. The Balaban J connectivity index is 2.46. The van der Waals surface area contributed by atoms with Gasteiger partial charge in [-0.05, 0) is 46.3 Å². The van der Waals surface area contributed by atoms with Crippen LogP contribution in [0.15, 0.2) is 45.3 Å². The first-order valence-corrected chi connectivity index (χ1v) is 6.61. The summed E-state index contributed by atoms with van der Waals surface area (Å²) in [6, 6.07) is 11.9. The molecule has 0 atom stereocenters. The highest BCUT2D eigenvalue weighted by Crippen LogP contribution is 2.31. The van der Waals surface area contributed by atoms with E-state index < -0.39 is 0 Å². The summed E-state index contributed by atoms with van der Waals surface area (Å²) in [5.41, 5.74) is 1.32. The van der Waals surface area contributed by atoms with Gasteiger partial charge in [0.15, 0.2) is 0 Å². The van der Waals surface area contributed by atoms with Crippen LogP contribution in [-0.4, -0.2) is 0 Å². The molecule has 0 aliphatic heterocycles. The minimum Gasteiger partial charge on any atom is -0.351 e. The first kappa shape index (κ1) is 13.1. The Labute approximate surface area is 121 Å². The van der Waals surface area contributed by atoms with E-state index in [0.717, 1.165) is 4.47 Å². The van der Waals surface area contributed by atoms with Gasteiger partial charge >= 0.3 is 0 Å². The number of hydrogen-bond acceptors (Lipinski definition) is 2. The molecule has 90 valence electrons. The predicted molar refractivity (Wildman–Crippen MR) is 76.2 cm³/mol. The first-order chi connectivity index (χ1) is 8.61. The van der Waals surface area contributed by atoms with Gasteiger partial charge in [0.05, 0.1) is 16.9 Å². The molecule has 0 fully saturated rings. The molecule has 0 saturated carbocycles. The van der Waals surface area contributed by atoms with E-state index in [1.807, 2.05) is 0 Å². The molecule has 0 aromatic heterocycles. The van der Waals surface area contributed by atoms with Crippen LogP contribution in [0.5, 0.6) is 0 Å². The molecule has 1 N–H and O–H groups in total. The van der Waals surface area contributed by atoms with Crippen LogP contribution in [0.1, 0.15) is 5.56 Å². The van der Waals surface area contributed by atoms with Crippen LogP contribution < -0.4 is 5.32 Å². The van der Waals surface area contributed by atoms with Crippen LogP contribution in [0.25, 0.3) is 0 Å². The summed E-state index contributed by atoms with van der Waals surface area (Å²) >= 11 is 6.59. The van der Waals surface area contributed by atoms with E-state index in [9.17, 15) is 4.39 Å². The van der Waals surface area contributed by atoms with Gasteiger partial charge in [-0.15, -0.1) is 0 Å². The molecular weight excluding hydrogens is 363 g/mol. The van der Waals surface area contributed by atoms with Gasteiger partial charge in [-0.3, -0.25) is 0 Å².